The van der Waals surface area contributed by atoms with Crippen LogP contribution >= 0.6 is 0 Å². The fraction of sp³-hybridized carbons (Fsp3) is 0.150. The Morgan fingerprint density at radius 1 is 1.03 bits per heavy atom. The number of nitrogens with one attached hydrogen (secondary N) is 1. The van der Waals surface area contributed by atoms with Gasteiger partial charge in [0.25, 0.3) is 5.95 Å². The number of anilines is 2. The van der Waals surface area contributed by atoms with E-state index in [1.54, 1.807) is 29.2 Å². The highest BCUT2D eigenvalue weighted by Gasteiger charge is 2.19. The average molecular weight is 388 g/mol. The van der Waals surface area contributed by atoms with Crippen molar-refractivity contribution >= 4 is 35.0 Å². The highest BCUT2D eigenvalue weighted by Crippen LogP contribution is 2.24. The van der Waals surface area contributed by atoms with Crippen molar-refractivity contribution in [1.82, 2.24) is 19.7 Å². The van der Waals surface area contributed by atoms with Crippen LogP contribution in [0.1, 0.15) is 5.56 Å². The lowest BCUT2D eigenvalue weighted by atomic mass is 9.78. The number of hydrogen-bond donors (Lipinski definition) is 3. The van der Waals surface area contributed by atoms with Crippen LogP contribution in [0.25, 0.3) is 16.9 Å². The van der Waals surface area contributed by atoms with Crippen molar-refractivity contribution in [2.24, 2.45) is 0 Å². The van der Waals surface area contributed by atoms with Gasteiger partial charge in [-0.25, -0.2) is 4.98 Å². The van der Waals surface area contributed by atoms with Crippen LogP contribution in [0.3, 0.4) is 0 Å². The van der Waals surface area contributed by atoms with Crippen molar-refractivity contribution in [3.05, 3.63) is 66.5 Å². The molecule has 29 heavy (non-hydrogen) atoms. The highest BCUT2D eigenvalue weighted by atomic mass is 16.4. The third kappa shape index (κ3) is 3.78. The summed E-state index contributed by atoms with van der Waals surface area (Å²) in [6.45, 7) is 0.624. The highest BCUT2D eigenvalue weighted by molar-refractivity contribution is 6.61. The summed E-state index contributed by atoms with van der Waals surface area (Å²) in [4.78, 5) is 11.1. The van der Waals surface area contributed by atoms with E-state index in [1.807, 2.05) is 55.4 Å². The van der Waals surface area contributed by atoms with Crippen LogP contribution < -0.4 is 15.7 Å². The van der Waals surface area contributed by atoms with Gasteiger partial charge in [0, 0.05) is 26.0 Å². The number of rotatable bonds is 6. The molecule has 4 rings (SSSR count). The second-order valence-corrected chi connectivity index (χ2v) is 6.85. The molecule has 0 bridgehead atoms. The van der Waals surface area contributed by atoms with E-state index in [4.69, 9.17) is 0 Å². The molecule has 0 fully saturated rings. The first-order chi connectivity index (χ1) is 14.0. The lowest BCUT2D eigenvalue weighted by Crippen LogP contribution is -2.30. The summed E-state index contributed by atoms with van der Waals surface area (Å²) in [6, 6.07) is 15.3. The van der Waals surface area contributed by atoms with Crippen molar-refractivity contribution in [2.75, 3.05) is 24.3 Å². The maximum atomic E-state index is 9.59. The van der Waals surface area contributed by atoms with Crippen LogP contribution in [-0.4, -0.2) is 51.0 Å². The molecule has 0 saturated heterocycles. The van der Waals surface area contributed by atoms with Crippen LogP contribution in [0.15, 0.2) is 60.9 Å². The van der Waals surface area contributed by atoms with Gasteiger partial charge in [-0.15, -0.1) is 0 Å². The molecule has 2 aromatic carbocycles. The van der Waals surface area contributed by atoms with E-state index < -0.39 is 7.12 Å². The Bertz CT molecular complexity index is 1130. The average Bonchev–Trinajstić information content (AvgIpc) is 3.16. The largest absolute Gasteiger partial charge is 0.489 e. The Morgan fingerprint density at radius 2 is 1.83 bits per heavy atom. The SMILES string of the molecule is CN(C)c1cnc(-n2ncc3c(B(O)O)cccc32)nc1NCc1ccccc1. The van der Waals surface area contributed by atoms with E-state index in [-0.39, 0.29) is 0 Å². The number of aromatic nitrogens is 4. The maximum Gasteiger partial charge on any atom is 0.489 e. The zero-order valence-corrected chi connectivity index (χ0v) is 16.2. The van der Waals surface area contributed by atoms with E-state index in [0.29, 0.717) is 34.7 Å². The second kappa shape index (κ2) is 7.90. The zero-order chi connectivity index (χ0) is 20.4. The summed E-state index contributed by atoms with van der Waals surface area (Å²) in [5, 5.41) is 27.6. The van der Waals surface area contributed by atoms with Crippen molar-refractivity contribution in [2.45, 2.75) is 6.54 Å². The van der Waals surface area contributed by atoms with Gasteiger partial charge in [-0.05, 0) is 17.1 Å². The molecule has 0 aliphatic heterocycles. The summed E-state index contributed by atoms with van der Waals surface area (Å²) >= 11 is 0. The monoisotopic (exact) mass is 388 g/mol. The molecule has 0 unspecified atom stereocenters. The predicted molar refractivity (Wildman–Crippen MR) is 115 cm³/mol. The molecular formula is C20H21BN6O2. The lowest BCUT2D eigenvalue weighted by molar-refractivity contribution is 0.426. The molecule has 2 aromatic heterocycles. The third-order valence-electron chi connectivity index (χ3n) is 4.66. The quantitative estimate of drug-likeness (QED) is 0.427. The fourth-order valence-electron chi connectivity index (χ4n) is 3.17. The van der Waals surface area contributed by atoms with Crippen LogP contribution in [0.4, 0.5) is 11.5 Å². The van der Waals surface area contributed by atoms with E-state index >= 15 is 0 Å². The van der Waals surface area contributed by atoms with Gasteiger partial charge in [0.15, 0.2) is 5.82 Å². The summed E-state index contributed by atoms with van der Waals surface area (Å²) in [5.74, 6) is 1.08. The summed E-state index contributed by atoms with van der Waals surface area (Å²) < 4.78 is 1.59. The van der Waals surface area contributed by atoms with Crippen molar-refractivity contribution in [1.29, 1.82) is 0 Å². The molecule has 0 aliphatic carbocycles. The first-order valence-corrected chi connectivity index (χ1v) is 9.20. The van der Waals surface area contributed by atoms with Gasteiger partial charge in [0.1, 0.15) is 0 Å². The third-order valence-corrected chi connectivity index (χ3v) is 4.66. The van der Waals surface area contributed by atoms with Crippen molar-refractivity contribution < 1.29 is 10.0 Å². The molecule has 3 N–H and O–H groups in total. The molecule has 0 amide bonds. The Balaban J connectivity index is 1.73. The van der Waals surface area contributed by atoms with Gasteiger partial charge in [-0.3, -0.25) is 0 Å². The molecule has 8 nitrogen and oxygen atoms in total. The smallest absolute Gasteiger partial charge is 0.423 e. The second-order valence-electron chi connectivity index (χ2n) is 6.85. The Hall–Kier alpha value is -3.43. The Kier molecular flexibility index (Phi) is 5.15. The Morgan fingerprint density at radius 3 is 2.55 bits per heavy atom. The molecule has 0 spiro atoms. The van der Waals surface area contributed by atoms with E-state index in [1.165, 1.54) is 0 Å². The molecule has 9 heteroatoms. The van der Waals surface area contributed by atoms with E-state index in [0.717, 1.165) is 11.3 Å². The summed E-state index contributed by atoms with van der Waals surface area (Å²) in [5.41, 5.74) is 3.08. The van der Waals surface area contributed by atoms with Crippen LogP contribution in [0.5, 0.6) is 0 Å². The molecule has 0 radical (unpaired) electrons. The van der Waals surface area contributed by atoms with E-state index in [2.05, 4.69) is 20.4 Å². The van der Waals surface area contributed by atoms with Gasteiger partial charge in [0.2, 0.25) is 0 Å². The zero-order valence-electron chi connectivity index (χ0n) is 16.2. The van der Waals surface area contributed by atoms with Gasteiger partial charge >= 0.3 is 7.12 Å². The Labute approximate surface area is 168 Å². The molecule has 0 saturated carbocycles. The number of hydrogen-bond acceptors (Lipinski definition) is 7. The first-order valence-electron chi connectivity index (χ1n) is 9.20. The number of fused-ring (bicyclic) bond motifs is 1. The summed E-state index contributed by atoms with van der Waals surface area (Å²) in [6.07, 6.45) is 3.33. The molecular weight excluding hydrogens is 367 g/mol. The molecule has 0 atom stereocenters. The van der Waals surface area contributed by atoms with Gasteiger partial charge in [0.05, 0.1) is 23.6 Å². The van der Waals surface area contributed by atoms with Crippen LogP contribution in [0.2, 0.25) is 0 Å². The topological polar surface area (TPSA) is 99.3 Å². The molecule has 0 aliphatic rings. The maximum absolute atomic E-state index is 9.59. The summed E-state index contributed by atoms with van der Waals surface area (Å²) in [7, 11) is 2.30. The lowest BCUT2D eigenvalue weighted by Gasteiger charge is -2.18. The molecule has 2 heterocycles. The van der Waals surface area contributed by atoms with Gasteiger partial charge in [-0.2, -0.15) is 14.8 Å². The van der Waals surface area contributed by atoms with E-state index in [9.17, 15) is 10.0 Å². The standard InChI is InChI=1S/C20H21BN6O2/c1-26(2)18-13-23-20(25-19(18)22-11-14-7-4-3-5-8-14)27-17-10-6-9-16(21(28)29)15(17)12-24-27/h3-10,12-13,28-29H,11H2,1-2H3,(H,22,23,25). The van der Waals surface area contributed by atoms with Crippen molar-refractivity contribution in [3.8, 4) is 5.95 Å². The molecule has 146 valence electrons. The number of benzene rings is 2. The van der Waals surface area contributed by atoms with Crippen LogP contribution in [0, 0.1) is 0 Å². The van der Waals surface area contributed by atoms with Gasteiger partial charge in [-0.1, -0.05) is 42.5 Å². The fourth-order valence-corrected chi connectivity index (χ4v) is 3.17. The minimum absolute atomic E-state index is 0.390. The number of nitrogens with zero attached hydrogens (tertiary/aromatic N) is 5. The molecule has 4 aromatic rings. The van der Waals surface area contributed by atoms with Crippen LogP contribution in [-0.2, 0) is 6.54 Å². The first kappa shape index (κ1) is 18.9. The minimum atomic E-state index is -1.57. The minimum Gasteiger partial charge on any atom is -0.423 e. The van der Waals surface area contributed by atoms with Gasteiger partial charge < -0.3 is 20.3 Å². The normalized spacial score (nSPS) is 10.9. The predicted octanol–water partition coefficient (Wildman–Crippen LogP) is 1.17. The van der Waals surface area contributed by atoms with Crippen molar-refractivity contribution in [3.63, 3.8) is 0 Å².